The van der Waals surface area contributed by atoms with E-state index in [2.05, 4.69) is 4.98 Å². The van der Waals surface area contributed by atoms with Crippen LogP contribution in [-0.4, -0.2) is 18.7 Å². The van der Waals surface area contributed by atoms with E-state index in [0.29, 0.717) is 17.3 Å². The van der Waals surface area contributed by atoms with Crippen molar-refractivity contribution >= 4 is 22.8 Å². The quantitative estimate of drug-likeness (QED) is 0.375. The maximum atomic E-state index is 13.6. The van der Waals surface area contributed by atoms with Gasteiger partial charge in [-0.1, -0.05) is 59.6 Å². The number of fused-ring (bicyclic) bond motifs is 1. The standard InChI is InChI=1S/C26H20ClFN4O2/c1-17-5-7-19(8-6-17)15-31-25(33)23-24(32(26(31)34)22-4-2-3-20(27)13-22)29-16-30(23)14-18-9-11-21(28)12-10-18/h2-13,16H,14-15H2,1H3. The first-order valence-electron chi connectivity index (χ1n) is 10.7. The molecular formula is C26H20ClFN4O2. The summed E-state index contributed by atoms with van der Waals surface area (Å²) in [5.74, 6) is -0.338. The third kappa shape index (κ3) is 4.06. The molecule has 0 bridgehead atoms. The Bertz CT molecular complexity index is 1620. The summed E-state index contributed by atoms with van der Waals surface area (Å²) in [6, 6.07) is 20.5. The number of aryl methyl sites for hydroxylation is 1. The molecule has 6 nitrogen and oxygen atoms in total. The van der Waals surface area contributed by atoms with Gasteiger partial charge in [-0.15, -0.1) is 0 Å². The van der Waals surface area contributed by atoms with E-state index in [0.717, 1.165) is 16.7 Å². The Labute approximate surface area is 199 Å². The number of rotatable bonds is 5. The summed E-state index contributed by atoms with van der Waals surface area (Å²) in [7, 11) is 0. The normalized spacial score (nSPS) is 11.3. The minimum atomic E-state index is -0.507. The second-order valence-electron chi connectivity index (χ2n) is 8.15. The average Bonchev–Trinajstić information content (AvgIpc) is 3.23. The van der Waals surface area contributed by atoms with Crippen molar-refractivity contribution in [3.8, 4) is 5.69 Å². The van der Waals surface area contributed by atoms with Gasteiger partial charge in [0.25, 0.3) is 5.56 Å². The van der Waals surface area contributed by atoms with Crippen molar-refractivity contribution in [3.63, 3.8) is 0 Å². The molecule has 0 saturated carbocycles. The average molecular weight is 475 g/mol. The van der Waals surface area contributed by atoms with Crippen LogP contribution in [0, 0.1) is 12.7 Å². The highest BCUT2D eigenvalue weighted by molar-refractivity contribution is 6.30. The van der Waals surface area contributed by atoms with Gasteiger partial charge in [0.15, 0.2) is 11.2 Å². The van der Waals surface area contributed by atoms with E-state index in [4.69, 9.17) is 11.6 Å². The zero-order valence-electron chi connectivity index (χ0n) is 18.3. The first-order chi connectivity index (χ1) is 16.4. The van der Waals surface area contributed by atoms with Crippen molar-refractivity contribution in [3.05, 3.63) is 127 Å². The Morgan fingerprint density at radius 1 is 0.912 bits per heavy atom. The van der Waals surface area contributed by atoms with Crippen LogP contribution in [0.25, 0.3) is 16.9 Å². The summed E-state index contributed by atoms with van der Waals surface area (Å²) in [6.45, 7) is 2.38. The lowest BCUT2D eigenvalue weighted by Crippen LogP contribution is -2.40. The maximum Gasteiger partial charge on any atom is 0.337 e. The van der Waals surface area contributed by atoms with Crippen molar-refractivity contribution in [2.45, 2.75) is 20.0 Å². The molecule has 34 heavy (non-hydrogen) atoms. The molecule has 5 aromatic rings. The molecule has 170 valence electrons. The molecule has 0 atom stereocenters. The van der Waals surface area contributed by atoms with Gasteiger partial charge < -0.3 is 4.57 Å². The minimum absolute atomic E-state index is 0.107. The number of halogens is 2. The van der Waals surface area contributed by atoms with Gasteiger partial charge in [0.05, 0.1) is 18.6 Å². The van der Waals surface area contributed by atoms with Gasteiger partial charge in [-0.3, -0.25) is 9.36 Å². The van der Waals surface area contributed by atoms with Crippen LogP contribution in [0.3, 0.4) is 0 Å². The Hall–Kier alpha value is -3.97. The molecule has 0 fully saturated rings. The number of aromatic nitrogens is 4. The smallest absolute Gasteiger partial charge is 0.320 e. The van der Waals surface area contributed by atoms with Gasteiger partial charge in [0.1, 0.15) is 5.82 Å². The van der Waals surface area contributed by atoms with Crippen LogP contribution < -0.4 is 11.2 Å². The predicted octanol–water partition coefficient (Wildman–Crippen LogP) is 4.55. The predicted molar refractivity (Wildman–Crippen MR) is 130 cm³/mol. The van der Waals surface area contributed by atoms with Crippen LogP contribution in [0.15, 0.2) is 88.7 Å². The summed E-state index contributed by atoms with van der Waals surface area (Å²) < 4.78 is 17.6. The minimum Gasteiger partial charge on any atom is -0.320 e. The molecule has 0 aliphatic heterocycles. The first kappa shape index (κ1) is 21.9. The van der Waals surface area contributed by atoms with Gasteiger partial charge in [0, 0.05) is 11.6 Å². The highest BCUT2D eigenvalue weighted by Gasteiger charge is 2.20. The van der Waals surface area contributed by atoms with Crippen molar-refractivity contribution in [2.24, 2.45) is 0 Å². The largest absolute Gasteiger partial charge is 0.337 e. The zero-order chi connectivity index (χ0) is 23.8. The number of hydrogen-bond acceptors (Lipinski definition) is 3. The lowest BCUT2D eigenvalue weighted by molar-refractivity contribution is 0.626. The van der Waals surface area contributed by atoms with E-state index in [9.17, 15) is 14.0 Å². The van der Waals surface area contributed by atoms with Crippen LogP contribution in [-0.2, 0) is 13.1 Å². The van der Waals surface area contributed by atoms with E-state index in [-0.39, 0.29) is 23.5 Å². The summed E-state index contributed by atoms with van der Waals surface area (Å²) >= 11 is 6.20. The molecule has 0 N–H and O–H groups in total. The molecule has 0 saturated heterocycles. The SMILES string of the molecule is Cc1ccc(Cn2c(=O)c3c(ncn3Cc3ccc(F)cc3)n(-c3cccc(Cl)c3)c2=O)cc1. The summed E-state index contributed by atoms with van der Waals surface area (Å²) in [6.07, 6.45) is 1.52. The zero-order valence-corrected chi connectivity index (χ0v) is 19.0. The van der Waals surface area contributed by atoms with E-state index < -0.39 is 11.2 Å². The van der Waals surface area contributed by atoms with Crippen molar-refractivity contribution in [2.75, 3.05) is 0 Å². The molecule has 5 rings (SSSR count). The maximum absolute atomic E-state index is 13.6. The van der Waals surface area contributed by atoms with E-state index in [1.54, 1.807) is 41.0 Å². The molecule has 3 aromatic carbocycles. The fraction of sp³-hybridized carbons (Fsp3) is 0.115. The van der Waals surface area contributed by atoms with Gasteiger partial charge in [0.2, 0.25) is 0 Å². The van der Waals surface area contributed by atoms with Gasteiger partial charge in [-0.25, -0.2) is 18.7 Å². The molecule has 0 spiro atoms. The monoisotopic (exact) mass is 474 g/mol. The Morgan fingerprint density at radius 2 is 1.59 bits per heavy atom. The van der Waals surface area contributed by atoms with Crippen molar-refractivity contribution in [1.82, 2.24) is 18.7 Å². The molecule has 0 unspecified atom stereocenters. The molecule has 2 aromatic heterocycles. The molecule has 0 radical (unpaired) electrons. The molecule has 0 aliphatic carbocycles. The second kappa shape index (κ2) is 8.76. The third-order valence-electron chi connectivity index (χ3n) is 5.69. The molecular weight excluding hydrogens is 455 g/mol. The lowest BCUT2D eigenvalue weighted by atomic mass is 10.1. The van der Waals surface area contributed by atoms with Gasteiger partial charge in [-0.2, -0.15) is 0 Å². The van der Waals surface area contributed by atoms with Crippen molar-refractivity contribution in [1.29, 1.82) is 0 Å². The van der Waals surface area contributed by atoms with Crippen LogP contribution in [0.4, 0.5) is 4.39 Å². The fourth-order valence-corrected chi connectivity index (χ4v) is 4.13. The van der Waals surface area contributed by atoms with Crippen molar-refractivity contribution < 1.29 is 4.39 Å². The second-order valence-corrected chi connectivity index (χ2v) is 8.58. The van der Waals surface area contributed by atoms with E-state index in [1.807, 2.05) is 31.2 Å². The Balaban J connectivity index is 1.74. The molecule has 0 aliphatic rings. The molecule has 2 heterocycles. The Morgan fingerprint density at radius 3 is 2.29 bits per heavy atom. The molecule has 0 amide bonds. The van der Waals surface area contributed by atoms with E-state index in [1.165, 1.54) is 27.6 Å². The van der Waals surface area contributed by atoms with Gasteiger partial charge >= 0.3 is 5.69 Å². The van der Waals surface area contributed by atoms with Crippen LogP contribution >= 0.6 is 11.6 Å². The number of nitrogens with zero attached hydrogens (tertiary/aromatic N) is 4. The summed E-state index contributed by atoms with van der Waals surface area (Å²) in [5.41, 5.74) is 2.77. The third-order valence-corrected chi connectivity index (χ3v) is 5.93. The van der Waals surface area contributed by atoms with Crippen LogP contribution in [0.2, 0.25) is 5.02 Å². The van der Waals surface area contributed by atoms with Crippen LogP contribution in [0.5, 0.6) is 0 Å². The summed E-state index contributed by atoms with van der Waals surface area (Å²) in [4.78, 5) is 31.6. The summed E-state index contributed by atoms with van der Waals surface area (Å²) in [5, 5.41) is 0.458. The lowest BCUT2D eigenvalue weighted by Gasteiger charge is -2.13. The number of benzene rings is 3. The number of hydrogen-bond donors (Lipinski definition) is 0. The first-order valence-corrected chi connectivity index (χ1v) is 11.0. The fourth-order valence-electron chi connectivity index (χ4n) is 3.95. The topological polar surface area (TPSA) is 61.8 Å². The van der Waals surface area contributed by atoms with Gasteiger partial charge in [-0.05, 0) is 48.4 Å². The highest BCUT2D eigenvalue weighted by Crippen LogP contribution is 2.18. The molecule has 8 heteroatoms. The van der Waals surface area contributed by atoms with Crippen LogP contribution in [0.1, 0.15) is 16.7 Å². The van der Waals surface area contributed by atoms with E-state index >= 15 is 0 Å². The Kier molecular flexibility index (Phi) is 5.63. The number of imidazole rings is 1. The highest BCUT2D eigenvalue weighted by atomic mass is 35.5.